The minimum atomic E-state index is -1.98. The van der Waals surface area contributed by atoms with Gasteiger partial charge in [-0.2, -0.15) is 0 Å². The largest absolute Gasteiger partial charge is 0.497 e. The number of alkyl carbamates (subject to hydrolysis) is 1. The van der Waals surface area contributed by atoms with Crippen molar-refractivity contribution in [3.05, 3.63) is 23.8 Å². The van der Waals surface area contributed by atoms with Crippen molar-refractivity contribution in [2.24, 2.45) is 0 Å². The Balaban J connectivity index is 2.07. The Morgan fingerprint density at radius 2 is 1.79 bits per heavy atom. The number of rotatable bonds is 12. The molecule has 11 heteroatoms. The number of hydrogen-bond acceptors (Lipinski definition) is 8. The van der Waals surface area contributed by atoms with Crippen molar-refractivity contribution in [1.29, 1.82) is 0 Å². The van der Waals surface area contributed by atoms with Crippen LogP contribution in [0.15, 0.2) is 18.2 Å². The van der Waals surface area contributed by atoms with E-state index in [1.807, 2.05) is 12.1 Å². The van der Waals surface area contributed by atoms with Crippen molar-refractivity contribution < 1.29 is 33.3 Å². The molecule has 1 heterocycles. The molecule has 3 N–H and O–H groups in total. The van der Waals surface area contributed by atoms with Crippen LogP contribution in [0.25, 0.3) is 0 Å². The first-order chi connectivity index (χ1) is 17.5. The second-order valence-corrected chi connectivity index (χ2v) is 17.0. The van der Waals surface area contributed by atoms with Crippen molar-refractivity contribution in [2.45, 2.75) is 90.0 Å². The van der Waals surface area contributed by atoms with Gasteiger partial charge in [-0.25, -0.2) is 4.79 Å². The highest BCUT2D eigenvalue weighted by Crippen LogP contribution is 2.36. The van der Waals surface area contributed by atoms with Gasteiger partial charge in [0.2, 0.25) is 5.91 Å². The number of nitrogens with zero attached hydrogens (tertiary/aromatic N) is 1. The highest BCUT2D eigenvalue weighted by Gasteiger charge is 2.48. The molecule has 2 rings (SSSR count). The fourth-order valence-corrected chi connectivity index (χ4v) is 4.81. The molecule has 38 heavy (non-hydrogen) atoms. The summed E-state index contributed by atoms with van der Waals surface area (Å²) in [4.78, 5) is 27.2. The number of methoxy groups -OCH3 is 2. The summed E-state index contributed by atoms with van der Waals surface area (Å²) < 4.78 is 22.3. The molecule has 1 fully saturated rings. The fourth-order valence-electron chi connectivity index (χ4n) is 3.76. The first kappa shape index (κ1) is 31.9. The highest BCUT2D eigenvalue weighted by atomic mass is 28.4. The van der Waals surface area contributed by atoms with Crippen LogP contribution in [0, 0.1) is 0 Å². The Labute approximate surface area is 228 Å². The number of β-lactam (4-membered cyclic amide) rings is 1. The smallest absolute Gasteiger partial charge is 0.408 e. The van der Waals surface area contributed by atoms with E-state index in [-0.39, 0.29) is 30.1 Å². The van der Waals surface area contributed by atoms with E-state index in [4.69, 9.17) is 18.6 Å². The summed E-state index contributed by atoms with van der Waals surface area (Å²) in [6, 6.07) is 4.33. The molecule has 0 spiro atoms. The van der Waals surface area contributed by atoms with Gasteiger partial charge in [0.25, 0.3) is 0 Å². The molecule has 10 nitrogen and oxygen atoms in total. The molecule has 1 aliphatic rings. The Kier molecular flexibility index (Phi) is 10.6. The number of aliphatic hydroxyl groups is 1. The average molecular weight is 554 g/mol. The number of amides is 2. The van der Waals surface area contributed by atoms with Gasteiger partial charge in [0, 0.05) is 31.3 Å². The molecule has 1 aromatic carbocycles. The van der Waals surface area contributed by atoms with Crippen molar-refractivity contribution in [2.75, 3.05) is 33.9 Å². The van der Waals surface area contributed by atoms with E-state index < -0.39 is 32.2 Å². The molecule has 1 aromatic rings. The van der Waals surface area contributed by atoms with Crippen LogP contribution in [0.3, 0.4) is 0 Å². The van der Waals surface area contributed by atoms with Gasteiger partial charge < -0.3 is 39.3 Å². The lowest BCUT2D eigenvalue weighted by Gasteiger charge is -2.47. The standard InChI is InChI=1S/C27H47N3O7Si/c1-26(2,3)37-25(33)29-23-21(15-28-14-19(31)17-36-38(9,10)27(4,5)6)30(24(23)32)16-18-11-12-20(34-7)13-22(18)35-8/h11-13,19,21,23,28,31H,14-17H2,1-10H3,(H,29,33)/t19-,21-,23+/m1/s1. The van der Waals surface area contributed by atoms with Gasteiger partial charge in [-0.15, -0.1) is 0 Å². The van der Waals surface area contributed by atoms with Crippen LogP contribution in [0.2, 0.25) is 18.1 Å². The van der Waals surface area contributed by atoms with Crippen LogP contribution in [-0.2, 0) is 20.5 Å². The Bertz CT molecular complexity index is 959. The van der Waals surface area contributed by atoms with Crippen molar-refractivity contribution >= 4 is 20.3 Å². The molecule has 0 saturated carbocycles. The maximum atomic E-state index is 13.1. The monoisotopic (exact) mass is 553 g/mol. The molecule has 3 atom stereocenters. The lowest BCUT2D eigenvalue weighted by molar-refractivity contribution is -0.152. The molecular weight excluding hydrogens is 506 g/mol. The summed E-state index contributed by atoms with van der Waals surface area (Å²) in [7, 11) is 1.17. The van der Waals surface area contributed by atoms with Crippen molar-refractivity contribution in [1.82, 2.24) is 15.5 Å². The first-order valence-electron chi connectivity index (χ1n) is 13.0. The summed E-state index contributed by atoms with van der Waals surface area (Å²) >= 11 is 0. The molecule has 216 valence electrons. The summed E-state index contributed by atoms with van der Waals surface area (Å²) in [5.41, 5.74) is 0.125. The second kappa shape index (κ2) is 12.7. The van der Waals surface area contributed by atoms with Crippen LogP contribution < -0.4 is 20.1 Å². The lowest BCUT2D eigenvalue weighted by Crippen LogP contribution is -2.72. The van der Waals surface area contributed by atoms with Crippen LogP contribution in [0.4, 0.5) is 4.79 Å². The highest BCUT2D eigenvalue weighted by molar-refractivity contribution is 6.74. The van der Waals surface area contributed by atoms with Crippen LogP contribution in [0.1, 0.15) is 47.1 Å². The lowest BCUT2D eigenvalue weighted by atomic mass is 9.93. The van der Waals surface area contributed by atoms with E-state index in [1.165, 1.54) is 0 Å². The van der Waals surface area contributed by atoms with E-state index in [0.29, 0.717) is 24.6 Å². The zero-order chi connectivity index (χ0) is 28.9. The molecule has 0 aliphatic carbocycles. The van der Waals surface area contributed by atoms with E-state index in [9.17, 15) is 14.7 Å². The molecule has 0 unspecified atom stereocenters. The van der Waals surface area contributed by atoms with Crippen molar-refractivity contribution in [3.8, 4) is 11.5 Å². The topological polar surface area (TPSA) is 119 Å². The van der Waals surface area contributed by atoms with E-state index in [0.717, 1.165) is 5.56 Å². The van der Waals surface area contributed by atoms with Gasteiger partial charge in [0.1, 0.15) is 23.1 Å². The fraction of sp³-hybridized carbons (Fsp3) is 0.704. The van der Waals surface area contributed by atoms with E-state index in [1.54, 1.807) is 46.0 Å². The minimum Gasteiger partial charge on any atom is -0.497 e. The number of ether oxygens (including phenoxy) is 3. The molecular formula is C27H47N3O7Si. The van der Waals surface area contributed by atoms with Gasteiger partial charge >= 0.3 is 6.09 Å². The van der Waals surface area contributed by atoms with Gasteiger partial charge in [-0.1, -0.05) is 20.8 Å². The molecule has 1 saturated heterocycles. The Hall–Kier alpha value is -2.34. The number of hydrogen-bond donors (Lipinski definition) is 3. The first-order valence-corrected chi connectivity index (χ1v) is 15.9. The molecule has 0 aromatic heterocycles. The molecule has 1 aliphatic heterocycles. The predicted octanol–water partition coefficient (Wildman–Crippen LogP) is 3.28. The number of carbonyl (C=O) groups is 2. The van der Waals surface area contributed by atoms with Gasteiger partial charge in [-0.3, -0.25) is 4.79 Å². The second-order valence-electron chi connectivity index (χ2n) is 12.2. The average Bonchev–Trinajstić information content (AvgIpc) is 2.81. The maximum absolute atomic E-state index is 13.1. The van der Waals surface area contributed by atoms with Gasteiger partial charge in [-0.05, 0) is 51.0 Å². The van der Waals surface area contributed by atoms with Crippen LogP contribution in [-0.4, -0.2) is 88.0 Å². The SMILES string of the molecule is COc1ccc(CN2C(=O)[C@@H](NC(=O)OC(C)(C)C)[C@H]2CNC[C@@H](O)CO[Si](C)(C)C(C)(C)C)c(OC)c1. The minimum absolute atomic E-state index is 0.0516. The molecule has 0 bridgehead atoms. The van der Waals surface area contributed by atoms with Gasteiger partial charge in [0.05, 0.1) is 33.0 Å². The third-order valence-corrected chi connectivity index (χ3v) is 11.5. The zero-order valence-corrected chi connectivity index (χ0v) is 25.6. The summed E-state index contributed by atoms with van der Waals surface area (Å²) in [6.07, 6.45) is -1.35. The third-order valence-electron chi connectivity index (χ3n) is 7.02. The molecule has 0 radical (unpaired) electrons. The summed E-state index contributed by atoms with van der Waals surface area (Å²) in [6.45, 7) is 17.2. The van der Waals surface area contributed by atoms with Crippen molar-refractivity contribution in [3.63, 3.8) is 0 Å². The van der Waals surface area contributed by atoms with Crippen LogP contribution in [0.5, 0.6) is 11.5 Å². The predicted molar refractivity (Wildman–Crippen MR) is 149 cm³/mol. The number of aliphatic hydroxyl groups excluding tert-OH is 1. The normalized spacial score (nSPS) is 19.0. The summed E-state index contributed by atoms with van der Waals surface area (Å²) in [5.74, 6) is 1.03. The summed E-state index contributed by atoms with van der Waals surface area (Å²) in [5, 5.41) is 16.5. The van der Waals surface area contributed by atoms with Gasteiger partial charge in [0.15, 0.2) is 8.32 Å². The quantitative estimate of drug-likeness (QED) is 0.267. The van der Waals surface area contributed by atoms with Crippen LogP contribution >= 0.6 is 0 Å². The van der Waals surface area contributed by atoms with E-state index in [2.05, 4.69) is 44.5 Å². The number of likely N-dealkylation sites (tertiary alicyclic amines) is 1. The number of benzene rings is 1. The molecule has 2 amide bonds. The maximum Gasteiger partial charge on any atom is 0.408 e. The third kappa shape index (κ3) is 8.59. The Morgan fingerprint density at radius 3 is 2.34 bits per heavy atom. The Morgan fingerprint density at radius 1 is 1.13 bits per heavy atom. The number of nitrogens with one attached hydrogen (secondary N) is 2. The zero-order valence-electron chi connectivity index (χ0n) is 24.6. The number of carbonyl (C=O) groups excluding carboxylic acids is 2. The van der Waals surface area contributed by atoms with E-state index >= 15 is 0 Å².